The lowest BCUT2D eigenvalue weighted by molar-refractivity contribution is -0.122. The van der Waals surface area contributed by atoms with E-state index in [1.165, 1.54) is 17.0 Å². The molecule has 3 heterocycles. The molecule has 1 aromatic heterocycles. The van der Waals surface area contributed by atoms with E-state index in [2.05, 4.69) is 10.4 Å². The van der Waals surface area contributed by atoms with Gasteiger partial charge in [-0.25, -0.2) is 4.39 Å². The van der Waals surface area contributed by atoms with Gasteiger partial charge in [0, 0.05) is 38.1 Å². The predicted molar refractivity (Wildman–Crippen MR) is 96.8 cm³/mol. The summed E-state index contributed by atoms with van der Waals surface area (Å²) in [5, 5.41) is 7.19. The Morgan fingerprint density at radius 1 is 1.22 bits per heavy atom. The van der Waals surface area contributed by atoms with Crippen molar-refractivity contribution in [3.8, 4) is 0 Å². The van der Waals surface area contributed by atoms with Gasteiger partial charge in [-0.3, -0.25) is 14.3 Å². The molecule has 2 aliphatic heterocycles. The molecule has 4 rings (SSSR count). The molecule has 0 saturated carbocycles. The summed E-state index contributed by atoms with van der Waals surface area (Å²) in [6.07, 6.45) is 5.39. The van der Waals surface area contributed by atoms with Crippen LogP contribution in [0, 0.1) is 11.7 Å². The summed E-state index contributed by atoms with van der Waals surface area (Å²) in [7, 11) is 0. The number of benzene rings is 1. The largest absolute Gasteiger partial charge is 0.381 e. The minimum atomic E-state index is -0.450. The molecule has 0 unspecified atom stereocenters. The highest BCUT2D eigenvalue weighted by Gasteiger charge is 2.35. The second-order valence-electron chi connectivity index (χ2n) is 6.92. The van der Waals surface area contributed by atoms with Gasteiger partial charge in [-0.15, -0.1) is 0 Å². The third-order valence-electron chi connectivity index (χ3n) is 5.07. The van der Waals surface area contributed by atoms with Crippen LogP contribution in [0.2, 0.25) is 0 Å². The highest BCUT2D eigenvalue weighted by molar-refractivity contribution is 6.03. The first kappa shape index (κ1) is 17.7. The Balaban J connectivity index is 1.38. The maximum absolute atomic E-state index is 13.1. The second-order valence-corrected chi connectivity index (χ2v) is 6.92. The molecule has 2 aliphatic rings. The molecule has 0 spiro atoms. The molecule has 0 radical (unpaired) electrons. The van der Waals surface area contributed by atoms with Gasteiger partial charge in [0.2, 0.25) is 11.8 Å². The van der Waals surface area contributed by atoms with E-state index in [-0.39, 0.29) is 36.6 Å². The molecule has 2 amide bonds. The minimum absolute atomic E-state index is 0.136. The van der Waals surface area contributed by atoms with E-state index in [1.807, 2.05) is 10.9 Å². The fourth-order valence-corrected chi connectivity index (χ4v) is 3.55. The molecule has 2 fully saturated rings. The molecular formula is C19H21FN4O3. The van der Waals surface area contributed by atoms with E-state index in [9.17, 15) is 14.0 Å². The van der Waals surface area contributed by atoms with Gasteiger partial charge < -0.3 is 15.0 Å². The number of carbonyl (C=O) groups excluding carboxylic acids is 2. The number of nitrogens with one attached hydrogen (secondary N) is 1. The summed E-state index contributed by atoms with van der Waals surface area (Å²) < 4.78 is 20.3. The predicted octanol–water partition coefficient (Wildman–Crippen LogP) is 2.37. The maximum atomic E-state index is 13.1. The van der Waals surface area contributed by atoms with Crippen LogP contribution in [0.25, 0.3) is 0 Å². The lowest BCUT2D eigenvalue weighted by Gasteiger charge is -2.22. The average Bonchev–Trinajstić information content (AvgIpc) is 3.30. The van der Waals surface area contributed by atoms with E-state index in [0.29, 0.717) is 11.4 Å². The Morgan fingerprint density at radius 3 is 2.70 bits per heavy atom. The Morgan fingerprint density at radius 2 is 1.96 bits per heavy atom. The molecule has 8 heteroatoms. The Kier molecular flexibility index (Phi) is 4.89. The minimum Gasteiger partial charge on any atom is -0.381 e. The van der Waals surface area contributed by atoms with Gasteiger partial charge in [0.25, 0.3) is 0 Å². The van der Waals surface area contributed by atoms with Crippen LogP contribution < -0.4 is 10.2 Å². The Bertz CT molecular complexity index is 830. The van der Waals surface area contributed by atoms with Crippen molar-refractivity contribution in [3.63, 3.8) is 0 Å². The second kappa shape index (κ2) is 7.48. The smallest absolute Gasteiger partial charge is 0.229 e. The molecule has 0 aliphatic carbocycles. The van der Waals surface area contributed by atoms with Crippen LogP contribution in [0.3, 0.4) is 0 Å². The first-order valence-corrected chi connectivity index (χ1v) is 9.09. The molecule has 1 aromatic carbocycles. The lowest BCUT2D eigenvalue weighted by atomic mass is 10.1. The maximum Gasteiger partial charge on any atom is 0.229 e. The normalized spacial score (nSPS) is 20.9. The topological polar surface area (TPSA) is 76.5 Å². The van der Waals surface area contributed by atoms with Crippen LogP contribution in [0.5, 0.6) is 0 Å². The van der Waals surface area contributed by atoms with Crippen LogP contribution in [-0.2, 0) is 14.3 Å². The van der Waals surface area contributed by atoms with E-state index < -0.39 is 5.92 Å². The third kappa shape index (κ3) is 3.85. The third-order valence-corrected chi connectivity index (χ3v) is 5.07. The molecule has 0 bridgehead atoms. The molecule has 2 saturated heterocycles. The SMILES string of the molecule is O=C(Nc1cnn(C2CCOCC2)c1)[C@@H]1CC(=O)N(c2ccc(F)cc2)C1. The van der Waals surface area contributed by atoms with Crippen molar-refractivity contribution in [2.24, 2.45) is 5.92 Å². The fraction of sp³-hybridized carbons (Fsp3) is 0.421. The number of halogens is 1. The van der Waals surface area contributed by atoms with Crippen LogP contribution >= 0.6 is 0 Å². The zero-order valence-electron chi connectivity index (χ0n) is 14.8. The molecule has 1 N–H and O–H groups in total. The van der Waals surface area contributed by atoms with Crippen molar-refractivity contribution < 1.29 is 18.7 Å². The summed E-state index contributed by atoms with van der Waals surface area (Å²) in [4.78, 5) is 26.4. The van der Waals surface area contributed by atoms with Gasteiger partial charge in [0.05, 0.1) is 23.8 Å². The number of anilines is 2. The molecule has 2 aromatic rings. The zero-order valence-corrected chi connectivity index (χ0v) is 14.8. The van der Waals surface area contributed by atoms with Gasteiger partial charge >= 0.3 is 0 Å². The molecule has 1 atom stereocenters. The zero-order chi connectivity index (χ0) is 18.8. The standard InChI is InChI=1S/C19H21FN4O3/c20-14-1-3-16(4-2-14)23-11-13(9-18(23)25)19(26)22-15-10-21-24(12-15)17-5-7-27-8-6-17/h1-4,10,12-13,17H,5-9,11H2,(H,22,26)/t13-/m1/s1. The van der Waals surface area contributed by atoms with Crippen molar-refractivity contribution in [1.29, 1.82) is 0 Å². The van der Waals surface area contributed by atoms with Crippen molar-refractivity contribution in [3.05, 3.63) is 42.5 Å². The Hall–Kier alpha value is -2.74. The van der Waals surface area contributed by atoms with E-state index >= 15 is 0 Å². The number of amides is 2. The lowest BCUT2D eigenvalue weighted by Crippen LogP contribution is -2.28. The monoisotopic (exact) mass is 372 g/mol. The van der Waals surface area contributed by atoms with Crippen molar-refractivity contribution >= 4 is 23.2 Å². The van der Waals surface area contributed by atoms with Crippen LogP contribution in [0.4, 0.5) is 15.8 Å². The molecule has 142 valence electrons. The van der Waals surface area contributed by atoms with E-state index in [0.717, 1.165) is 26.1 Å². The number of carbonyl (C=O) groups is 2. The Labute approximate surface area is 156 Å². The van der Waals surface area contributed by atoms with Crippen LogP contribution in [0.15, 0.2) is 36.7 Å². The number of hydrogen-bond donors (Lipinski definition) is 1. The van der Waals surface area contributed by atoms with Crippen molar-refractivity contribution in [1.82, 2.24) is 9.78 Å². The van der Waals surface area contributed by atoms with Crippen LogP contribution in [0.1, 0.15) is 25.3 Å². The van der Waals surface area contributed by atoms with Gasteiger partial charge in [-0.2, -0.15) is 5.10 Å². The highest BCUT2D eigenvalue weighted by Crippen LogP contribution is 2.27. The molecular weight excluding hydrogens is 351 g/mol. The number of rotatable bonds is 4. The van der Waals surface area contributed by atoms with E-state index in [4.69, 9.17) is 4.74 Å². The number of nitrogens with zero attached hydrogens (tertiary/aromatic N) is 3. The van der Waals surface area contributed by atoms with Gasteiger partial charge in [0.1, 0.15) is 5.82 Å². The summed E-state index contributed by atoms with van der Waals surface area (Å²) in [6, 6.07) is 5.99. The van der Waals surface area contributed by atoms with Crippen LogP contribution in [-0.4, -0.2) is 41.4 Å². The van der Waals surface area contributed by atoms with Crippen molar-refractivity contribution in [2.75, 3.05) is 30.0 Å². The van der Waals surface area contributed by atoms with Crippen molar-refractivity contribution in [2.45, 2.75) is 25.3 Å². The van der Waals surface area contributed by atoms with Gasteiger partial charge in [-0.1, -0.05) is 0 Å². The number of hydrogen-bond acceptors (Lipinski definition) is 4. The van der Waals surface area contributed by atoms with E-state index in [1.54, 1.807) is 18.3 Å². The summed E-state index contributed by atoms with van der Waals surface area (Å²) in [5.74, 6) is -1.16. The first-order chi connectivity index (χ1) is 13.1. The quantitative estimate of drug-likeness (QED) is 0.894. The summed E-state index contributed by atoms with van der Waals surface area (Å²) >= 11 is 0. The summed E-state index contributed by atoms with van der Waals surface area (Å²) in [6.45, 7) is 1.72. The molecule has 7 nitrogen and oxygen atoms in total. The van der Waals surface area contributed by atoms with Gasteiger partial charge in [0.15, 0.2) is 0 Å². The average molecular weight is 372 g/mol. The fourth-order valence-electron chi connectivity index (χ4n) is 3.55. The molecule has 27 heavy (non-hydrogen) atoms. The highest BCUT2D eigenvalue weighted by atomic mass is 19.1. The first-order valence-electron chi connectivity index (χ1n) is 9.09. The number of ether oxygens (including phenoxy) is 1. The summed E-state index contributed by atoms with van der Waals surface area (Å²) in [5.41, 5.74) is 1.23. The number of aromatic nitrogens is 2. The van der Waals surface area contributed by atoms with Gasteiger partial charge in [-0.05, 0) is 37.1 Å².